The molecule has 2 rings (SSSR count). The molecule has 2 aromatic rings. The standard InChI is InChI=1S/C17H17N3O4S/c1-3-24-16(21)12-5-8-13(9-6-12)18-17(25)19-14-7-4-11(2)15(10-14)20(22)23/h4-10H,3H2,1-2H3,(H2,18,19,25). The fourth-order valence-corrected chi connectivity index (χ4v) is 2.32. The molecule has 0 unspecified atom stereocenters. The summed E-state index contributed by atoms with van der Waals surface area (Å²) in [5, 5.41) is 17.1. The summed E-state index contributed by atoms with van der Waals surface area (Å²) in [4.78, 5) is 22.1. The molecule has 0 atom stereocenters. The summed E-state index contributed by atoms with van der Waals surface area (Å²) in [6.07, 6.45) is 0. The molecule has 0 spiro atoms. The molecular weight excluding hydrogens is 342 g/mol. The van der Waals surface area contributed by atoms with Gasteiger partial charge in [0.25, 0.3) is 5.69 Å². The van der Waals surface area contributed by atoms with Crippen LogP contribution in [0.1, 0.15) is 22.8 Å². The Bertz CT molecular complexity index is 806. The maximum absolute atomic E-state index is 11.6. The number of rotatable bonds is 5. The number of thiocarbonyl (C=S) groups is 1. The first kappa shape index (κ1) is 18.3. The van der Waals surface area contributed by atoms with E-state index in [9.17, 15) is 14.9 Å². The third kappa shape index (κ3) is 4.98. The zero-order chi connectivity index (χ0) is 18.4. The van der Waals surface area contributed by atoms with E-state index in [0.717, 1.165) is 0 Å². The second kappa shape index (κ2) is 8.20. The summed E-state index contributed by atoms with van der Waals surface area (Å²) < 4.78 is 4.92. The SMILES string of the molecule is CCOC(=O)c1ccc(NC(=S)Nc2ccc(C)c([N+](=O)[O-])c2)cc1. The van der Waals surface area contributed by atoms with Gasteiger partial charge in [-0.3, -0.25) is 10.1 Å². The zero-order valence-electron chi connectivity index (χ0n) is 13.7. The van der Waals surface area contributed by atoms with E-state index in [1.165, 1.54) is 6.07 Å². The molecule has 0 aliphatic rings. The van der Waals surface area contributed by atoms with Crippen molar-refractivity contribution < 1.29 is 14.5 Å². The fraction of sp³-hybridized carbons (Fsp3) is 0.176. The highest BCUT2D eigenvalue weighted by atomic mass is 32.1. The Kier molecular flexibility index (Phi) is 6.02. The van der Waals surface area contributed by atoms with Gasteiger partial charge < -0.3 is 15.4 Å². The van der Waals surface area contributed by atoms with Gasteiger partial charge in [0.05, 0.1) is 17.1 Å². The van der Waals surface area contributed by atoms with E-state index in [0.29, 0.717) is 29.1 Å². The van der Waals surface area contributed by atoms with Crippen molar-refractivity contribution in [1.82, 2.24) is 0 Å². The monoisotopic (exact) mass is 359 g/mol. The topological polar surface area (TPSA) is 93.5 Å². The maximum Gasteiger partial charge on any atom is 0.338 e. The number of nitrogens with zero attached hydrogens (tertiary/aromatic N) is 1. The lowest BCUT2D eigenvalue weighted by atomic mass is 10.2. The van der Waals surface area contributed by atoms with Crippen LogP contribution in [0.15, 0.2) is 42.5 Å². The van der Waals surface area contributed by atoms with Crippen LogP contribution >= 0.6 is 12.2 Å². The van der Waals surface area contributed by atoms with Crippen molar-refractivity contribution in [2.75, 3.05) is 17.2 Å². The third-order valence-electron chi connectivity index (χ3n) is 3.32. The Morgan fingerprint density at radius 1 is 1.16 bits per heavy atom. The molecule has 0 bridgehead atoms. The van der Waals surface area contributed by atoms with E-state index < -0.39 is 4.92 Å². The van der Waals surface area contributed by atoms with Crippen molar-refractivity contribution >= 4 is 40.4 Å². The number of nitro benzene ring substituents is 1. The number of aryl methyl sites for hydroxylation is 1. The molecule has 0 amide bonds. The average Bonchev–Trinajstić information content (AvgIpc) is 2.57. The molecular formula is C17H17N3O4S. The molecule has 130 valence electrons. The average molecular weight is 359 g/mol. The van der Waals surface area contributed by atoms with Crippen LogP contribution in [0.2, 0.25) is 0 Å². The number of ether oxygens (including phenoxy) is 1. The number of esters is 1. The first-order valence-corrected chi connectivity index (χ1v) is 7.91. The van der Waals surface area contributed by atoms with Crippen LogP contribution < -0.4 is 10.6 Å². The molecule has 0 aliphatic heterocycles. The van der Waals surface area contributed by atoms with E-state index in [4.69, 9.17) is 17.0 Å². The van der Waals surface area contributed by atoms with Gasteiger partial charge in [0, 0.05) is 23.0 Å². The van der Waals surface area contributed by atoms with E-state index in [2.05, 4.69) is 10.6 Å². The largest absolute Gasteiger partial charge is 0.462 e. The minimum atomic E-state index is -0.439. The van der Waals surface area contributed by atoms with Crippen LogP contribution in [0.4, 0.5) is 17.1 Å². The lowest BCUT2D eigenvalue weighted by Gasteiger charge is -2.11. The second-order valence-corrected chi connectivity index (χ2v) is 5.54. The van der Waals surface area contributed by atoms with Gasteiger partial charge in [0.2, 0.25) is 0 Å². The molecule has 7 nitrogen and oxygen atoms in total. The number of carbonyl (C=O) groups is 1. The highest BCUT2D eigenvalue weighted by molar-refractivity contribution is 7.80. The van der Waals surface area contributed by atoms with Gasteiger partial charge in [0.1, 0.15) is 0 Å². The molecule has 25 heavy (non-hydrogen) atoms. The van der Waals surface area contributed by atoms with E-state index in [1.807, 2.05) is 0 Å². The maximum atomic E-state index is 11.6. The van der Waals surface area contributed by atoms with E-state index in [-0.39, 0.29) is 16.8 Å². The predicted molar refractivity (Wildman–Crippen MR) is 100 cm³/mol. The van der Waals surface area contributed by atoms with Crippen molar-refractivity contribution in [2.45, 2.75) is 13.8 Å². The first-order chi connectivity index (χ1) is 11.9. The Labute approximate surface area is 150 Å². The van der Waals surface area contributed by atoms with Gasteiger partial charge in [0.15, 0.2) is 5.11 Å². The smallest absolute Gasteiger partial charge is 0.338 e. The predicted octanol–water partition coefficient (Wildman–Crippen LogP) is 3.89. The van der Waals surface area contributed by atoms with Gasteiger partial charge >= 0.3 is 5.97 Å². The minimum Gasteiger partial charge on any atom is -0.462 e. The second-order valence-electron chi connectivity index (χ2n) is 5.14. The summed E-state index contributed by atoms with van der Waals surface area (Å²) in [6.45, 7) is 3.73. The molecule has 0 fully saturated rings. The van der Waals surface area contributed by atoms with Gasteiger partial charge in [-0.25, -0.2) is 4.79 Å². The van der Waals surface area contributed by atoms with Gasteiger partial charge in [-0.1, -0.05) is 6.07 Å². The molecule has 0 radical (unpaired) electrons. The summed E-state index contributed by atoms with van der Waals surface area (Å²) in [5.74, 6) is -0.387. The lowest BCUT2D eigenvalue weighted by molar-refractivity contribution is -0.385. The number of hydrogen-bond acceptors (Lipinski definition) is 5. The molecule has 2 N–H and O–H groups in total. The quantitative estimate of drug-likeness (QED) is 0.362. The van der Waals surface area contributed by atoms with Crippen molar-refractivity contribution in [3.8, 4) is 0 Å². The Morgan fingerprint density at radius 3 is 2.36 bits per heavy atom. The van der Waals surface area contributed by atoms with Gasteiger partial charge in [-0.2, -0.15) is 0 Å². The fourth-order valence-electron chi connectivity index (χ4n) is 2.08. The Morgan fingerprint density at radius 2 is 1.76 bits per heavy atom. The molecule has 0 saturated carbocycles. The number of anilines is 2. The van der Waals surface area contributed by atoms with E-state index >= 15 is 0 Å². The molecule has 0 heterocycles. The van der Waals surface area contributed by atoms with Crippen molar-refractivity contribution in [3.63, 3.8) is 0 Å². The number of carbonyl (C=O) groups excluding carboxylic acids is 1. The first-order valence-electron chi connectivity index (χ1n) is 7.51. The highest BCUT2D eigenvalue weighted by Gasteiger charge is 2.11. The van der Waals surface area contributed by atoms with Crippen molar-refractivity contribution in [2.24, 2.45) is 0 Å². The van der Waals surface area contributed by atoms with Crippen molar-refractivity contribution in [1.29, 1.82) is 0 Å². The number of hydrogen-bond donors (Lipinski definition) is 2. The molecule has 0 aliphatic carbocycles. The van der Waals surface area contributed by atoms with Crippen LogP contribution in [0.3, 0.4) is 0 Å². The third-order valence-corrected chi connectivity index (χ3v) is 3.52. The molecule has 0 saturated heterocycles. The van der Waals surface area contributed by atoms with Crippen LogP contribution in [-0.2, 0) is 4.74 Å². The van der Waals surface area contributed by atoms with Crippen LogP contribution in [-0.4, -0.2) is 22.6 Å². The normalized spacial score (nSPS) is 10.0. The number of benzene rings is 2. The lowest BCUT2D eigenvalue weighted by Crippen LogP contribution is -2.19. The Hall–Kier alpha value is -3.00. The summed E-state index contributed by atoms with van der Waals surface area (Å²) in [5.41, 5.74) is 2.22. The number of nitrogens with one attached hydrogen (secondary N) is 2. The summed E-state index contributed by atoms with van der Waals surface area (Å²) in [7, 11) is 0. The van der Waals surface area contributed by atoms with Crippen LogP contribution in [0.5, 0.6) is 0 Å². The minimum absolute atomic E-state index is 0.0200. The number of nitro groups is 1. The van der Waals surface area contributed by atoms with Gasteiger partial charge in [-0.05, 0) is 56.4 Å². The molecule has 2 aromatic carbocycles. The zero-order valence-corrected chi connectivity index (χ0v) is 14.6. The van der Waals surface area contributed by atoms with Crippen molar-refractivity contribution in [3.05, 3.63) is 63.7 Å². The summed E-state index contributed by atoms with van der Waals surface area (Å²) >= 11 is 5.20. The molecule has 0 aromatic heterocycles. The summed E-state index contributed by atoms with van der Waals surface area (Å²) in [6, 6.07) is 11.4. The van der Waals surface area contributed by atoms with Crippen LogP contribution in [0, 0.1) is 17.0 Å². The highest BCUT2D eigenvalue weighted by Crippen LogP contribution is 2.22. The Balaban J connectivity index is 2.02. The van der Waals surface area contributed by atoms with Crippen LogP contribution in [0.25, 0.3) is 0 Å². The molecule has 8 heteroatoms. The van der Waals surface area contributed by atoms with E-state index in [1.54, 1.807) is 50.2 Å². The van der Waals surface area contributed by atoms with Gasteiger partial charge in [-0.15, -0.1) is 0 Å².